The van der Waals surface area contributed by atoms with Gasteiger partial charge < -0.3 is 4.74 Å². The minimum absolute atomic E-state index is 0.0382. The van der Waals surface area contributed by atoms with E-state index >= 15 is 0 Å². The van der Waals surface area contributed by atoms with E-state index in [0.29, 0.717) is 11.5 Å². The Balaban J connectivity index is 1.28. The Labute approximate surface area is 200 Å². The Kier molecular flexibility index (Phi) is 8.10. The van der Waals surface area contributed by atoms with Crippen LogP contribution in [0.5, 0.6) is 5.75 Å². The number of methoxy groups -OCH3 is 1. The van der Waals surface area contributed by atoms with E-state index in [9.17, 15) is 13.2 Å². The molecule has 4 heteroatoms. The van der Waals surface area contributed by atoms with Gasteiger partial charge in [0.05, 0.1) is 7.11 Å². The third kappa shape index (κ3) is 5.72. The molecule has 1 saturated carbocycles. The number of rotatable bonds is 8. The third-order valence-corrected chi connectivity index (χ3v) is 7.02. The number of alkyl halides is 1. The van der Waals surface area contributed by atoms with E-state index in [1.807, 2.05) is 12.1 Å². The molecule has 0 bridgehead atoms. The number of hydrogen-bond acceptors (Lipinski definition) is 1. The normalized spacial score (nSPS) is 18.4. The van der Waals surface area contributed by atoms with Crippen molar-refractivity contribution in [2.24, 2.45) is 5.92 Å². The number of halogens is 3. The van der Waals surface area contributed by atoms with E-state index in [2.05, 4.69) is 36.4 Å². The van der Waals surface area contributed by atoms with Gasteiger partial charge in [-0.3, -0.25) is 0 Å². The van der Waals surface area contributed by atoms with Crippen LogP contribution in [-0.4, -0.2) is 13.8 Å². The monoisotopic (exact) mass is 464 g/mol. The Hall–Kier alpha value is -3.01. The summed E-state index contributed by atoms with van der Waals surface area (Å²) in [5, 5.41) is 0. The van der Waals surface area contributed by atoms with Gasteiger partial charge in [0, 0.05) is 0 Å². The van der Waals surface area contributed by atoms with Crippen LogP contribution in [0.4, 0.5) is 13.2 Å². The lowest BCUT2D eigenvalue weighted by atomic mass is 9.76. The van der Waals surface area contributed by atoms with Crippen LogP contribution in [0.1, 0.15) is 54.7 Å². The molecule has 0 radical (unpaired) electrons. The average Bonchev–Trinajstić information content (AvgIpc) is 2.89. The highest BCUT2D eigenvalue weighted by atomic mass is 19.2. The fraction of sp³-hybridized carbons (Fsp3) is 0.333. The van der Waals surface area contributed by atoms with E-state index in [1.165, 1.54) is 30.4 Å². The molecule has 1 aliphatic carbocycles. The van der Waals surface area contributed by atoms with Crippen LogP contribution in [0.2, 0.25) is 0 Å². The van der Waals surface area contributed by atoms with Crippen molar-refractivity contribution in [3.05, 3.63) is 95.1 Å². The van der Waals surface area contributed by atoms with Gasteiger partial charge in [-0.25, -0.2) is 8.78 Å². The smallest absolute Gasteiger partial charge is 0.200 e. The molecule has 178 valence electrons. The molecule has 1 aliphatic rings. The Morgan fingerprint density at radius 1 is 0.824 bits per heavy atom. The van der Waals surface area contributed by atoms with Crippen molar-refractivity contribution in [3.63, 3.8) is 0 Å². The number of ether oxygens (including phenoxy) is 1. The van der Waals surface area contributed by atoms with Crippen molar-refractivity contribution >= 4 is 6.08 Å². The summed E-state index contributed by atoms with van der Waals surface area (Å²) >= 11 is 0. The summed E-state index contributed by atoms with van der Waals surface area (Å²) in [6, 6.07) is 20.0. The predicted octanol–water partition coefficient (Wildman–Crippen LogP) is 8.53. The third-order valence-electron chi connectivity index (χ3n) is 7.02. The highest BCUT2D eigenvalue weighted by Gasteiger charge is 2.26. The van der Waals surface area contributed by atoms with Crippen molar-refractivity contribution in [2.45, 2.75) is 44.4 Å². The van der Waals surface area contributed by atoms with Crippen LogP contribution in [-0.2, 0) is 6.42 Å². The van der Waals surface area contributed by atoms with Crippen molar-refractivity contribution in [2.75, 3.05) is 13.8 Å². The van der Waals surface area contributed by atoms with Crippen molar-refractivity contribution < 1.29 is 17.9 Å². The van der Waals surface area contributed by atoms with Gasteiger partial charge in [0.1, 0.15) is 6.67 Å². The molecule has 0 atom stereocenters. The SMILES string of the molecule is COc1ccc(C2CCC(CCc3ccc(-c4ccc(C=CCF)cc4)cc3)CC2)c(F)c1F. The Morgan fingerprint density at radius 2 is 1.47 bits per heavy atom. The van der Waals surface area contributed by atoms with E-state index in [-0.39, 0.29) is 11.7 Å². The van der Waals surface area contributed by atoms with Gasteiger partial charge in [-0.15, -0.1) is 0 Å². The van der Waals surface area contributed by atoms with Gasteiger partial charge in [-0.05, 0) is 84.2 Å². The van der Waals surface area contributed by atoms with Crippen molar-refractivity contribution in [3.8, 4) is 16.9 Å². The first-order valence-corrected chi connectivity index (χ1v) is 12.0. The summed E-state index contributed by atoms with van der Waals surface area (Å²) in [5.41, 5.74) is 5.10. The van der Waals surface area contributed by atoms with E-state index in [1.54, 1.807) is 12.1 Å². The summed E-state index contributed by atoms with van der Waals surface area (Å²) in [6.45, 7) is -0.453. The average molecular weight is 465 g/mol. The molecule has 0 N–H and O–H groups in total. The first kappa shape index (κ1) is 24.1. The van der Waals surface area contributed by atoms with Crippen LogP contribution in [0.3, 0.4) is 0 Å². The number of benzene rings is 3. The van der Waals surface area contributed by atoms with Crippen LogP contribution >= 0.6 is 0 Å². The summed E-state index contributed by atoms with van der Waals surface area (Å²) in [7, 11) is 1.35. The van der Waals surface area contributed by atoms with Gasteiger partial charge in [0.15, 0.2) is 11.6 Å². The molecule has 3 aromatic carbocycles. The lowest BCUT2D eigenvalue weighted by Crippen LogP contribution is -2.15. The van der Waals surface area contributed by atoms with Gasteiger partial charge in [0.2, 0.25) is 5.82 Å². The van der Waals surface area contributed by atoms with Gasteiger partial charge in [-0.2, -0.15) is 4.39 Å². The van der Waals surface area contributed by atoms with Crippen LogP contribution < -0.4 is 4.74 Å². The molecule has 4 rings (SSSR count). The molecular formula is C30H31F3O. The fourth-order valence-electron chi connectivity index (χ4n) is 4.98. The summed E-state index contributed by atoms with van der Waals surface area (Å²) in [6.07, 6.45) is 9.29. The molecule has 0 aliphatic heterocycles. The number of allylic oxidation sites excluding steroid dienone is 1. The summed E-state index contributed by atoms with van der Waals surface area (Å²) in [4.78, 5) is 0. The second-order valence-electron chi connectivity index (χ2n) is 9.12. The highest BCUT2D eigenvalue weighted by Crippen LogP contribution is 2.40. The zero-order valence-electron chi connectivity index (χ0n) is 19.6. The molecule has 0 aromatic heterocycles. The lowest BCUT2D eigenvalue weighted by Gasteiger charge is -2.29. The molecule has 0 heterocycles. The predicted molar refractivity (Wildman–Crippen MR) is 133 cm³/mol. The minimum Gasteiger partial charge on any atom is -0.494 e. The van der Waals surface area contributed by atoms with Gasteiger partial charge in [-0.1, -0.05) is 66.7 Å². The molecule has 34 heavy (non-hydrogen) atoms. The molecule has 1 nitrogen and oxygen atoms in total. The summed E-state index contributed by atoms with van der Waals surface area (Å²) in [5.74, 6) is -0.977. The van der Waals surface area contributed by atoms with Crippen LogP contribution in [0, 0.1) is 17.6 Å². The standard InChI is InChI=1S/C30H31F3O/c1-34-28-19-18-27(29(32)30(28)33)26-16-10-23(11-17-26)5-4-22-8-14-25(15-9-22)24-12-6-21(7-13-24)3-2-20-31/h2-3,6-9,12-15,18-19,23,26H,4-5,10-11,16-17,20H2,1H3. The second kappa shape index (κ2) is 11.4. The van der Waals surface area contributed by atoms with E-state index in [0.717, 1.165) is 49.7 Å². The molecule has 0 saturated heterocycles. The number of aryl methyl sites for hydroxylation is 1. The van der Waals surface area contributed by atoms with Crippen molar-refractivity contribution in [1.82, 2.24) is 0 Å². The minimum atomic E-state index is -0.879. The zero-order chi connectivity index (χ0) is 23.9. The summed E-state index contributed by atoms with van der Waals surface area (Å²) < 4.78 is 45.7. The maximum absolute atomic E-state index is 14.5. The molecule has 0 unspecified atom stereocenters. The molecule has 0 amide bonds. The van der Waals surface area contributed by atoms with Gasteiger partial charge >= 0.3 is 0 Å². The maximum Gasteiger partial charge on any atom is 0.200 e. The maximum atomic E-state index is 14.5. The van der Waals surface area contributed by atoms with Crippen LogP contribution in [0.25, 0.3) is 17.2 Å². The quantitative estimate of drug-likeness (QED) is 0.325. The highest BCUT2D eigenvalue weighted by molar-refractivity contribution is 5.66. The lowest BCUT2D eigenvalue weighted by molar-refractivity contribution is 0.303. The molecular weight excluding hydrogens is 433 g/mol. The molecule has 1 fully saturated rings. The molecule has 3 aromatic rings. The topological polar surface area (TPSA) is 9.23 Å². The van der Waals surface area contributed by atoms with E-state index in [4.69, 9.17) is 4.74 Å². The largest absolute Gasteiger partial charge is 0.494 e. The first-order valence-electron chi connectivity index (χ1n) is 12.0. The number of hydrogen-bond donors (Lipinski definition) is 0. The second-order valence-corrected chi connectivity index (χ2v) is 9.12. The first-order chi connectivity index (χ1) is 16.6. The Bertz CT molecular complexity index is 1100. The molecule has 0 spiro atoms. The van der Waals surface area contributed by atoms with E-state index < -0.39 is 18.3 Å². The fourth-order valence-corrected chi connectivity index (χ4v) is 4.98. The zero-order valence-corrected chi connectivity index (χ0v) is 19.6. The van der Waals surface area contributed by atoms with Gasteiger partial charge in [0.25, 0.3) is 0 Å². The van der Waals surface area contributed by atoms with Crippen LogP contribution in [0.15, 0.2) is 66.7 Å². The Morgan fingerprint density at radius 3 is 2.09 bits per heavy atom. The van der Waals surface area contributed by atoms with Crippen molar-refractivity contribution in [1.29, 1.82) is 0 Å².